The van der Waals surface area contributed by atoms with Gasteiger partial charge in [0.25, 0.3) is 5.91 Å². The number of anilines is 1. The van der Waals surface area contributed by atoms with E-state index in [4.69, 9.17) is 4.52 Å². The molecule has 0 bridgehead atoms. The topological polar surface area (TPSA) is 55.1 Å². The fourth-order valence-corrected chi connectivity index (χ4v) is 2.22. The third kappa shape index (κ3) is 2.76. The van der Waals surface area contributed by atoms with Crippen LogP contribution in [-0.2, 0) is 0 Å². The SMILES string of the molecule is Cc1ccc(-c2oncc2C(=O)Nc2ccccc2C)cc1. The number of nitrogens with zero attached hydrogens (tertiary/aromatic N) is 1. The number of benzene rings is 2. The molecule has 110 valence electrons. The first kappa shape index (κ1) is 14.1. The summed E-state index contributed by atoms with van der Waals surface area (Å²) in [7, 11) is 0. The van der Waals surface area contributed by atoms with E-state index in [1.807, 2.05) is 62.4 Å². The summed E-state index contributed by atoms with van der Waals surface area (Å²) in [4.78, 5) is 12.5. The van der Waals surface area contributed by atoms with Gasteiger partial charge in [0.15, 0.2) is 5.76 Å². The van der Waals surface area contributed by atoms with Crippen molar-refractivity contribution in [3.8, 4) is 11.3 Å². The normalized spacial score (nSPS) is 10.5. The molecule has 1 aromatic heterocycles. The van der Waals surface area contributed by atoms with E-state index in [9.17, 15) is 4.79 Å². The van der Waals surface area contributed by atoms with Crippen LogP contribution in [0, 0.1) is 13.8 Å². The highest BCUT2D eigenvalue weighted by molar-refractivity contribution is 6.07. The Morgan fingerprint density at radius 1 is 1.05 bits per heavy atom. The second-order valence-corrected chi connectivity index (χ2v) is 5.20. The molecule has 4 heteroatoms. The molecule has 3 rings (SSSR count). The average Bonchev–Trinajstić information content (AvgIpc) is 3.00. The van der Waals surface area contributed by atoms with Crippen LogP contribution in [0.15, 0.2) is 59.3 Å². The van der Waals surface area contributed by atoms with Crippen LogP contribution in [0.2, 0.25) is 0 Å². The van der Waals surface area contributed by atoms with Gasteiger partial charge in [0.2, 0.25) is 0 Å². The lowest BCUT2D eigenvalue weighted by Gasteiger charge is -2.07. The molecule has 1 N–H and O–H groups in total. The first-order chi connectivity index (χ1) is 10.6. The predicted octanol–water partition coefficient (Wildman–Crippen LogP) is 4.21. The van der Waals surface area contributed by atoms with Crippen molar-refractivity contribution in [3.63, 3.8) is 0 Å². The Labute approximate surface area is 128 Å². The van der Waals surface area contributed by atoms with Crippen LogP contribution in [0.25, 0.3) is 11.3 Å². The quantitative estimate of drug-likeness (QED) is 0.786. The predicted molar refractivity (Wildman–Crippen MR) is 85.8 cm³/mol. The molecule has 0 fully saturated rings. The van der Waals surface area contributed by atoms with Gasteiger partial charge in [-0.05, 0) is 25.5 Å². The van der Waals surface area contributed by atoms with Crippen molar-refractivity contribution in [2.45, 2.75) is 13.8 Å². The summed E-state index contributed by atoms with van der Waals surface area (Å²) in [6.45, 7) is 3.96. The van der Waals surface area contributed by atoms with Crippen molar-refractivity contribution < 1.29 is 9.32 Å². The van der Waals surface area contributed by atoms with Gasteiger partial charge in [-0.15, -0.1) is 0 Å². The van der Waals surface area contributed by atoms with Gasteiger partial charge in [-0.1, -0.05) is 53.2 Å². The second-order valence-electron chi connectivity index (χ2n) is 5.20. The van der Waals surface area contributed by atoms with Crippen molar-refractivity contribution >= 4 is 11.6 Å². The number of hydrogen-bond donors (Lipinski definition) is 1. The maximum atomic E-state index is 12.5. The number of carbonyl (C=O) groups excluding carboxylic acids is 1. The lowest BCUT2D eigenvalue weighted by atomic mass is 10.1. The van der Waals surface area contributed by atoms with Crippen molar-refractivity contribution in [1.82, 2.24) is 5.16 Å². The van der Waals surface area contributed by atoms with Crippen LogP contribution in [0.4, 0.5) is 5.69 Å². The standard InChI is InChI=1S/C18H16N2O2/c1-12-7-9-14(10-8-12)17-15(11-19-22-17)18(21)20-16-6-4-3-5-13(16)2/h3-11H,1-2H3,(H,20,21). The highest BCUT2D eigenvalue weighted by Gasteiger charge is 2.18. The first-order valence-corrected chi connectivity index (χ1v) is 7.04. The molecule has 0 saturated heterocycles. The maximum absolute atomic E-state index is 12.5. The number of aromatic nitrogens is 1. The summed E-state index contributed by atoms with van der Waals surface area (Å²) in [5, 5.41) is 6.67. The second kappa shape index (κ2) is 5.85. The molecule has 0 saturated carbocycles. The third-order valence-corrected chi connectivity index (χ3v) is 3.52. The molecule has 0 aliphatic carbocycles. The van der Waals surface area contributed by atoms with Gasteiger partial charge in [-0.3, -0.25) is 4.79 Å². The molecular formula is C18H16N2O2. The van der Waals surface area contributed by atoms with Gasteiger partial charge in [0.1, 0.15) is 5.56 Å². The van der Waals surface area contributed by atoms with Crippen LogP contribution < -0.4 is 5.32 Å². The summed E-state index contributed by atoms with van der Waals surface area (Å²) in [6.07, 6.45) is 1.45. The van der Waals surface area contributed by atoms with E-state index in [0.717, 1.165) is 22.4 Å². The van der Waals surface area contributed by atoms with E-state index in [1.54, 1.807) is 0 Å². The Morgan fingerprint density at radius 3 is 2.50 bits per heavy atom. The highest BCUT2D eigenvalue weighted by Crippen LogP contribution is 2.25. The molecule has 22 heavy (non-hydrogen) atoms. The van der Waals surface area contributed by atoms with E-state index in [1.165, 1.54) is 6.20 Å². The van der Waals surface area contributed by atoms with E-state index in [-0.39, 0.29) is 5.91 Å². The van der Waals surface area contributed by atoms with Crippen LogP contribution in [0.5, 0.6) is 0 Å². The molecule has 2 aromatic carbocycles. The molecule has 0 aliphatic heterocycles. The Kier molecular flexibility index (Phi) is 3.74. The Balaban J connectivity index is 1.90. The van der Waals surface area contributed by atoms with Gasteiger partial charge < -0.3 is 9.84 Å². The molecule has 0 atom stereocenters. The van der Waals surface area contributed by atoms with Crippen LogP contribution >= 0.6 is 0 Å². The van der Waals surface area contributed by atoms with Crippen LogP contribution in [0.1, 0.15) is 21.5 Å². The molecule has 0 spiro atoms. The Morgan fingerprint density at radius 2 is 1.77 bits per heavy atom. The average molecular weight is 292 g/mol. The van der Waals surface area contributed by atoms with E-state index in [2.05, 4.69) is 10.5 Å². The molecule has 1 heterocycles. The molecule has 4 nitrogen and oxygen atoms in total. The summed E-state index contributed by atoms with van der Waals surface area (Å²) >= 11 is 0. The van der Waals surface area contributed by atoms with Crippen LogP contribution in [0.3, 0.4) is 0 Å². The Hall–Kier alpha value is -2.88. The lowest BCUT2D eigenvalue weighted by molar-refractivity contribution is 0.102. The Bertz CT molecular complexity index is 804. The number of para-hydroxylation sites is 1. The van der Waals surface area contributed by atoms with Crippen molar-refractivity contribution in [2.24, 2.45) is 0 Å². The molecule has 3 aromatic rings. The van der Waals surface area contributed by atoms with Gasteiger partial charge in [0, 0.05) is 11.3 Å². The van der Waals surface area contributed by atoms with E-state index < -0.39 is 0 Å². The highest BCUT2D eigenvalue weighted by atomic mass is 16.5. The van der Waals surface area contributed by atoms with E-state index >= 15 is 0 Å². The minimum absolute atomic E-state index is 0.230. The zero-order valence-corrected chi connectivity index (χ0v) is 12.5. The number of rotatable bonds is 3. The molecular weight excluding hydrogens is 276 g/mol. The first-order valence-electron chi connectivity index (χ1n) is 7.04. The van der Waals surface area contributed by atoms with Crippen molar-refractivity contribution in [2.75, 3.05) is 5.32 Å². The van der Waals surface area contributed by atoms with Crippen molar-refractivity contribution in [3.05, 3.63) is 71.4 Å². The summed E-state index contributed by atoms with van der Waals surface area (Å²) < 4.78 is 5.27. The van der Waals surface area contributed by atoms with Gasteiger partial charge in [-0.2, -0.15) is 0 Å². The van der Waals surface area contributed by atoms with Gasteiger partial charge in [-0.25, -0.2) is 0 Å². The van der Waals surface area contributed by atoms with E-state index in [0.29, 0.717) is 11.3 Å². The number of carbonyl (C=O) groups is 1. The summed E-state index contributed by atoms with van der Waals surface area (Å²) in [6, 6.07) is 15.4. The number of amides is 1. The molecule has 0 radical (unpaired) electrons. The smallest absolute Gasteiger partial charge is 0.261 e. The lowest BCUT2D eigenvalue weighted by Crippen LogP contribution is -2.12. The zero-order valence-electron chi connectivity index (χ0n) is 12.5. The minimum Gasteiger partial charge on any atom is -0.355 e. The number of hydrogen-bond acceptors (Lipinski definition) is 3. The largest absolute Gasteiger partial charge is 0.355 e. The monoisotopic (exact) mass is 292 g/mol. The third-order valence-electron chi connectivity index (χ3n) is 3.52. The van der Waals surface area contributed by atoms with Crippen molar-refractivity contribution in [1.29, 1.82) is 0 Å². The van der Waals surface area contributed by atoms with Gasteiger partial charge in [0.05, 0.1) is 6.20 Å². The molecule has 1 amide bonds. The zero-order chi connectivity index (χ0) is 15.5. The molecule has 0 aliphatic rings. The van der Waals surface area contributed by atoms with Gasteiger partial charge >= 0.3 is 0 Å². The maximum Gasteiger partial charge on any atom is 0.261 e. The molecule has 0 unspecified atom stereocenters. The fourth-order valence-electron chi connectivity index (χ4n) is 2.22. The number of aryl methyl sites for hydroxylation is 2. The fraction of sp³-hybridized carbons (Fsp3) is 0.111. The minimum atomic E-state index is -0.230. The summed E-state index contributed by atoms with van der Waals surface area (Å²) in [5.74, 6) is 0.247. The van der Waals surface area contributed by atoms with Crippen LogP contribution in [-0.4, -0.2) is 11.1 Å². The number of nitrogens with one attached hydrogen (secondary N) is 1. The summed E-state index contributed by atoms with van der Waals surface area (Å²) in [5.41, 5.74) is 4.19.